The van der Waals surface area contributed by atoms with E-state index in [1.165, 1.54) is 6.07 Å². The van der Waals surface area contributed by atoms with E-state index in [1.54, 1.807) is 19.2 Å². The van der Waals surface area contributed by atoms with Crippen LogP contribution in [0.4, 0.5) is 15.8 Å². The quantitative estimate of drug-likeness (QED) is 0.862. The number of rotatable bonds is 3. The minimum Gasteiger partial charge on any atom is -0.495 e. The molecule has 4 heteroatoms. The van der Waals surface area contributed by atoms with Crippen LogP contribution in [0.25, 0.3) is 0 Å². The molecule has 0 aliphatic carbocycles. The van der Waals surface area contributed by atoms with Crippen molar-refractivity contribution in [1.82, 2.24) is 0 Å². The third-order valence-corrected chi connectivity index (χ3v) is 3.88. The fourth-order valence-electron chi connectivity index (χ4n) is 2.77. The molecule has 1 fully saturated rings. The minimum absolute atomic E-state index is 0.181. The molecule has 0 spiro atoms. The predicted molar refractivity (Wildman–Crippen MR) is 83.8 cm³/mol. The Labute approximate surface area is 124 Å². The second-order valence-corrected chi connectivity index (χ2v) is 5.13. The first-order valence-corrected chi connectivity index (χ1v) is 7.16. The third-order valence-electron chi connectivity index (χ3n) is 3.88. The zero-order chi connectivity index (χ0) is 14.7. The zero-order valence-electron chi connectivity index (χ0n) is 12.1. The van der Waals surface area contributed by atoms with Gasteiger partial charge in [-0.2, -0.15) is 0 Å². The summed E-state index contributed by atoms with van der Waals surface area (Å²) in [5.41, 5.74) is 2.08. The molecule has 1 aliphatic heterocycles. The molecular weight excluding hydrogens is 267 g/mol. The lowest BCUT2D eigenvalue weighted by Gasteiger charge is -2.37. The number of benzene rings is 2. The van der Waals surface area contributed by atoms with Crippen molar-refractivity contribution in [3.63, 3.8) is 0 Å². The normalized spacial score (nSPS) is 15.1. The van der Waals surface area contributed by atoms with Crippen molar-refractivity contribution >= 4 is 11.4 Å². The van der Waals surface area contributed by atoms with Gasteiger partial charge in [-0.1, -0.05) is 18.2 Å². The molecule has 0 amide bonds. The lowest BCUT2D eigenvalue weighted by atomic mass is 10.2. The smallest absolute Gasteiger partial charge is 0.142 e. The highest BCUT2D eigenvalue weighted by Gasteiger charge is 2.19. The summed E-state index contributed by atoms with van der Waals surface area (Å²) in [4.78, 5) is 4.53. The second-order valence-electron chi connectivity index (χ2n) is 5.13. The van der Waals surface area contributed by atoms with Crippen LogP contribution in [0, 0.1) is 5.82 Å². The first kappa shape index (κ1) is 13.7. The van der Waals surface area contributed by atoms with Crippen molar-refractivity contribution in [1.29, 1.82) is 0 Å². The maximum atomic E-state index is 13.3. The van der Waals surface area contributed by atoms with Crippen LogP contribution in [-0.4, -0.2) is 33.3 Å². The van der Waals surface area contributed by atoms with Gasteiger partial charge in [-0.05, 0) is 30.3 Å². The molecule has 0 radical (unpaired) electrons. The standard InChI is InChI=1S/C17H19FN2O/c1-21-17-8-3-2-7-16(17)20-11-9-19(10-12-20)15-6-4-5-14(18)13-15/h2-8,13H,9-12H2,1H3. The number of methoxy groups -OCH3 is 1. The molecule has 0 atom stereocenters. The van der Waals surface area contributed by atoms with Crippen LogP contribution in [0.5, 0.6) is 5.75 Å². The molecule has 1 aliphatic rings. The van der Waals surface area contributed by atoms with Gasteiger partial charge in [-0.15, -0.1) is 0 Å². The highest BCUT2D eigenvalue weighted by molar-refractivity contribution is 5.60. The summed E-state index contributed by atoms with van der Waals surface area (Å²) in [6, 6.07) is 14.9. The molecule has 3 rings (SSSR count). The van der Waals surface area contributed by atoms with Crippen LogP contribution in [0.3, 0.4) is 0 Å². The minimum atomic E-state index is -0.181. The largest absolute Gasteiger partial charge is 0.495 e. The van der Waals surface area contributed by atoms with Gasteiger partial charge in [0.2, 0.25) is 0 Å². The fourth-order valence-corrected chi connectivity index (χ4v) is 2.77. The maximum absolute atomic E-state index is 13.3. The van der Waals surface area contributed by atoms with E-state index in [0.717, 1.165) is 43.3 Å². The Kier molecular flexibility index (Phi) is 3.95. The summed E-state index contributed by atoms with van der Waals surface area (Å²) in [5, 5.41) is 0. The molecule has 1 saturated heterocycles. The molecule has 0 N–H and O–H groups in total. The summed E-state index contributed by atoms with van der Waals surface area (Å²) in [6.45, 7) is 3.55. The van der Waals surface area contributed by atoms with Gasteiger partial charge in [0, 0.05) is 31.9 Å². The van der Waals surface area contributed by atoms with Gasteiger partial charge in [0.15, 0.2) is 0 Å². The molecule has 2 aromatic carbocycles. The monoisotopic (exact) mass is 286 g/mol. The molecule has 0 saturated carbocycles. The first-order valence-electron chi connectivity index (χ1n) is 7.16. The lowest BCUT2D eigenvalue weighted by Crippen LogP contribution is -2.46. The van der Waals surface area contributed by atoms with E-state index in [9.17, 15) is 4.39 Å². The number of halogens is 1. The molecular formula is C17H19FN2O. The molecule has 1 heterocycles. The number of hydrogen-bond donors (Lipinski definition) is 0. The Morgan fingerprint density at radius 1 is 0.905 bits per heavy atom. The van der Waals surface area contributed by atoms with E-state index in [1.807, 2.05) is 24.3 Å². The summed E-state index contributed by atoms with van der Waals surface area (Å²) in [5.74, 6) is 0.719. The van der Waals surface area contributed by atoms with E-state index in [-0.39, 0.29) is 5.82 Å². The van der Waals surface area contributed by atoms with Crippen LogP contribution in [-0.2, 0) is 0 Å². The van der Waals surface area contributed by atoms with E-state index in [4.69, 9.17) is 4.74 Å². The highest BCUT2D eigenvalue weighted by atomic mass is 19.1. The SMILES string of the molecule is COc1ccccc1N1CCN(c2cccc(F)c2)CC1. The first-order chi connectivity index (χ1) is 10.3. The predicted octanol–water partition coefficient (Wildman–Crippen LogP) is 3.16. The summed E-state index contributed by atoms with van der Waals surface area (Å²) >= 11 is 0. The number of nitrogens with zero attached hydrogens (tertiary/aromatic N) is 2. The summed E-state index contributed by atoms with van der Waals surface area (Å²) < 4.78 is 18.7. The van der Waals surface area contributed by atoms with E-state index < -0.39 is 0 Å². The van der Waals surface area contributed by atoms with Gasteiger partial charge in [0.05, 0.1) is 12.8 Å². The van der Waals surface area contributed by atoms with Crippen molar-refractivity contribution in [2.24, 2.45) is 0 Å². The fraction of sp³-hybridized carbons (Fsp3) is 0.294. The van der Waals surface area contributed by atoms with E-state index >= 15 is 0 Å². The lowest BCUT2D eigenvalue weighted by molar-refractivity contribution is 0.413. The molecule has 0 aromatic heterocycles. The number of ether oxygens (including phenoxy) is 1. The molecule has 110 valence electrons. The van der Waals surface area contributed by atoms with Gasteiger partial charge >= 0.3 is 0 Å². The van der Waals surface area contributed by atoms with Crippen LogP contribution < -0.4 is 14.5 Å². The summed E-state index contributed by atoms with van der Waals surface area (Å²) in [6.07, 6.45) is 0. The van der Waals surface area contributed by atoms with Gasteiger partial charge < -0.3 is 14.5 Å². The number of hydrogen-bond acceptors (Lipinski definition) is 3. The Balaban J connectivity index is 1.70. The van der Waals surface area contributed by atoms with Crippen molar-refractivity contribution in [3.8, 4) is 5.75 Å². The average molecular weight is 286 g/mol. The van der Waals surface area contributed by atoms with Crippen molar-refractivity contribution in [3.05, 3.63) is 54.3 Å². The molecule has 2 aromatic rings. The van der Waals surface area contributed by atoms with Crippen LogP contribution in [0.15, 0.2) is 48.5 Å². The molecule has 0 bridgehead atoms. The van der Waals surface area contributed by atoms with E-state index in [2.05, 4.69) is 15.9 Å². The Morgan fingerprint density at radius 3 is 2.33 bits per heavy atom. The topological polar surface area (TPSA) is 15.7 Å². The molecule has 21 heavy (non-hydrogen) atoms. The average Bonchev–Trinajstić information content (AvgIpc) is 2.55. The number of piperazine rings is 1. The number of anilines is 2. The van der Waals surface area contributed by atoms with Crippen LogP contribution in [0.1, 0.15) is 0 Å². The zero-order valence-corrected chi connectivity index (χ0v) is 12.1. The Hall–Kier alpha value is -2.23. The van der Waals surface area contributed by atoms with Gasteiger partial charge in [0.1, 0.15) is 11.6 Å². The van der Waals surface area contributed by atoms with Crippen molar-refractivity contribution in [2.45, 2.75) is 0 Å². The van der Waals surface area contributed by atoms with Gasteiger partial charge in [0.25, 0.3) is 0 Å². The molecule has 0 unspecified atom stereocenters. The third kappa shape index (κ3) is 2.94. The van der Waals surface area contributed by atoms with Gasteiger partial charge in [-0.3, -0.25) is 0 Å². The van der Waals surface area contributed by atoms with Crippen LogP contribution in [0.2, 0.25) is 0 Å². The highest BCUT2D eigenvalue weighted by Crippen LogP contribution is 2.29. The van der Waals surface area contributed by atoms with E-state index in [0.29, 0.717) is 0 Å². The molecule has 3 nitrogen and oxygen atoms in total. The van der Waals surface area contributed by atoms with Gasteiger partial charge in [-0.25, -0.2) is 4.39 Å². The second kappa shape index (κ2) is 6.04. The maximum Gasteiger partial charge on any atom is 0.142 e. The van der Waals surface area contributed by atoms with Crippen molar-refractivity contribution in [2.75, 3.05) is 43.1 Å². The van der Waals surface area contributed by atoms with Crippen LogP contribution >= 0.6 is 0 Å². The number of para-hydroxylation sites is 2. The van der Waals surface area contributed by atoms with Crippen molar-refractivity contribution < 1.29 is 9.13 Å². The Bertz CT molecular complexity index is 609. The summed E-state index contributed by atoms with van der Waals surface area (Å²) in [7, 11) is 1.70. The Morgan fingerprint density at radius 2 is 1.62 bits per heavy atom.